The molecule has 6 heteroatoms. The van der Waals surface area contributed by atoms with Gasteiger partial charge in [0, 0.05) is 6.42 Å². The maximum absolute atomic E-state index is 12.6. The van der Waals surface area contributed by atoms with Crippen LogP contribution < -0.4 is 14.8 Å². The molecule has 0 bridgehead atoms. The fraction of sp³-hybridized carbons (Fsp3) is 0.333. The zero-order chi connectivity index (χ0) is 19.4. The lowest BCUT2D eigenvalue weighted by Crippen LogP contribution is -2.36. The molecule has 6 nitrogen and oxygen atoms in total. The number of nitrogens with one attached hydrogen (secondary N) is 1. The molecule has 2 atom stereocenters. The van der Waals surface area contributed by atoms with Crippen LogP contribution in [0.5, 0.6) is 11.5 Å². The summed E-state index contributed by atoms with van der Waals surface area (Å²) in [4.78, 5) is 18.0. The lowest BCUT2D eigenvalue weighted by atomic mass is 10.0. The Hall–Kier alpha value is -3.02. The van der Waals surface area contributed by atoms with Gasteiger partial charge in [-0.25, -0.2) is 0 Å². The molecule has 2 aromatic rings. The summed E-state index contributed by atoms with van der Waals surface area (Å²) in [5.74, 6) is 1.11. The van der Waals surface area contributed by atoms with Gasteiger partial charge in [0.15, 0.2) is 11.5 Å². The van der Waals surface area contributed by atoms with Crippen molar-refractivity contribution >= 4 is 11.6 Å². The smallest absolute Gasteiger partial charge is 0.264 e. The molecular weight excluding hydrogens is 344 g/mol. The molecule has 142 valence electrons. The van der Waals surface area contributed by atoms with E-state index in [1.807, 2.05) is 56.3 Å². The van der Waals surface area contributed by atoms with Gasteiger partial charge in [0.1, 0.15) is 0 Å². The minimum Gasteiger partial charge on any atom is -0.493 e. The number of amides is 1. The van der Waals surface area contributed by atoms with Gasteiger partial charge >= 0.3 is 0 Å². The van der Waals surface area contributed by atoms with Crippen LogP contribution in [-0.4, -0.2) is 31.9 Å². The monoisotopic (exact) mass is 368 g/mol. The number of methoxy groups -OCH3 is 2. The van der Waals surface area contributed by atoms with Gasteiger partial charge in [-0.3, -0.25) is 4.79 Å². The first-order valence-electron chi connectivity index (χ1n) is 8.84. The fourth-order valence-electron chi connectivity index (χ4n) is 3.17. The Bertz CT molecular complexity index is 849. The van der Waals surface area contributed by atoms with Crippen LogP contribution >= 0.6 is 0 Å². The highest BCUT2D eigenvalue weighted by molar-refractivity contribution is 6.04. The van der Waals surface area contributed by atoms with Crippen LogP contribution in [0.3, 0.4) is 0 Å². The highest BCUT2D eigenvalue weighted by atomic mass is 16.6. The van der Waals surface area contributed by atoms with Gasteiger partial charge in [0.2, 0.25) is 6.10 Å². The molecule has 0 aliphatic carbocycles. The maximum Gasteiger partial charge on any atom is 0.264 e. The van der Waals surface area contributed by atoms with Crippen LogP contribution in [0.4, 0.5) is 0 Å². The van der Waals surface area contributed by atoms with Gasteiger partial charge in [-0.1, -0.05) is 35.5 Å². The first kappa shape index (κ1) is 18.8. The molecule has 1 amide bonds. The summed E-state index contributed by atoms with van der Waals surface area (Å²) >= 11 is 0. The van der Waals surface area contributed by atoms with Crippen molar-refractivity contribution in [1.82, 2.24) is 5.32 Å². The molecule has 1 heterocycles. The van der Waals surface area contributed by atoms with Crippen LogP contribution in [0, 0.1) is 6.92 Å². The number of rotatable bonds is 6. The number of nitrogens with zero attached hydrogens (tertiary/aromatic N) is 1. The van der Waals surface area contributed by atoms with Gasteiger partial charge in [0.25, 0.3) is 5.91 Å². The van der Waals surface area contributed by atoms with Crippen LogP contribution in [0.15, 0.2) is 47.6 Å². The van der Waals surface area contributed by atoms with Crippen LogP contribution in [0.25, 0.3) is 0 Å². The normalized spacial score (nSPS) is 16.9. The number of hydrogen-bond donors (Lipinski definition) is 1. The Morgan fingerprint density at radius 1 is 1.19 bits per heavy atom. The van der Waals surface area contributed by atoms with E-state index < -0.39 is 6.10 Å². The Balaban J connectivity index is 1.67. The Kier molecular flexibility index (Phi) is 5.64. The Morgan fingerprint density at radius 3 is 2.52 bits per heavy atom. The molecular formula is C21H24N2O4. The molecule has 0 fully saturated rings. The second kappa shape index (κ2) is 8.12. The van der Waals surface area contributed by atoms with Crippen molar-refractivity contribution in [3.05, 3.63) is 59.2 Å². The number of aryl methyl sites for hydroxylation is 1. The van der Waals surface area contributed by atoms with E-state index in [0.717, 1.165) is 22.4 Å². The lowest BCUT2D eigenvalue weighted by molar-refractivity contribution is -0.131. The highest BCUT2D eigenvalue weighted by Crippen LogP contribution is 2.33. The van der Waals surface area contributed by atoms with Crippen molar-refractivity contribution in [2.75, 3.05) is 14.2 Å². The summed E-state index contributed by atoms with van der Waals surface area (Å²) in [5.41, 5.74) is 3.72. The van der Waals surface area contributed by atoms with E-state index in [0.29, 0.717) is 17.9 Å². The number of benzene rings is 2. The van der Waals surface area contributed by atoms with Crippen LogP contribution in [0.1, 0.15) is 36.1 Å². The first-order chi connectivity index (χ1) is 13.0. The van der Waals surface area contributed by atoms with Gasteiger partial charge < -0.3 is 19.6 Å². The Morgan fingerprint density at radius 2 is 1.85 bits per heavy atom. The topological polar surface area (TPSA) is 69.2 Å². The van der Waals surface area contributed by atoms with Crippen LogP contribution in [0.2, 0.25) is 0 Å². The molecule has 0 aromatic heterocycles. The molecule has 0 spiro atoms. The summed E-state index contributed by atoms with van der Waals surface area (Å²) in [6.07, 6.45) is -0.170. The number of ether oxygens (including phenoxy) is 2. The van der Waals surface area contributed by atoms with E-state index in [1.54, 1.807) is 14.2 Å². The van der Waals surface area contributed by atoms with Crippen molar-refractivity contribution < 1.29 is 19.1 Å². The largest absolute Gasteiger partial charge is 0.493 e. The third kappa shape index (κ3) is 4.05. The summed E-state index contributed by atoms with van der Waals surface area (Å²) in [6.45, 7) is 3.91. The predicted molar refractivity (Wildman–Crippen MR) is 103 cm³/mol. The zero-order valence-electron chi connectivity index (χ0n) is 16.0. The first-order valence-corrected chi connectivity index (χ1v) is 8.84. The highest BCUT2D eigenvalue weighted by Gasteiger charge is 2.30. The van der Waals surface area contributed by atoms with Crippen molar-refractivity contribution in [3.8, 4) is 11.5 Å². The summed E-state index contributed by atoms with van der Waals surface area (Å²) in [7, 11) is 3.19. The van der Waals surface area contributed by atoms with Crippen LogP contribution in [-0.2, 0) is 9.63 Å². The predicted octanol–water partition coefficient (Wildman–Crippen LogP) is 3.38. The molecule has 0 saturated heterocycles. The minimum absolute atomic E-state index is 0.189. The second-order valence-corrected chi connectivity index (χ2v) is 6.50. The van der Waals surface area contributed by atoms with Gasteiger partial charge in [-0.2, -0.15) is 0 Å². The van der Waals surface area contributed by atoms with Gasteiger partial charge in [0.05, 0.1) is 26.0 Å². The number of carbonyl (C=O) groups excluding carboxylic acids is 1. The molecule has 0 radical (unpaired) electrons. The SMILES string of the molecule is COc1cc(C)c(C(C)NC(=O)C2CC(c3ccccc3)=NO2)cc1OC. The standard InChI is InChI=1S/C21H24N2O4/c1-13-10-18(25-3)19(26-4)11-16(13)14(2)22-21(24)20-12-17(23-27-20)15-8-6-5-7-9-15/h5-11,14,20H,12H2,1-4H3,(H,22,24). The van der Waals surface area contributed by atoms with Crippen molar-refractivity contribution in [2.45, 2.75) is 32.4 Å². The molecule has 2 aromatic carbocycles. The number of oxime groups is 1. The van der Waals surface area contributed by atoms with Crippen molar-refractivity contribution in [1.29, 1.82) is 0 Å². The molecule has 27 heavy (non-hydrogen) atoms. The molecule has 3 rings (SSSR count). The van der Waals surface area contributed by atoms with E-state index in [9.17, 15) is 4.79 Å². The fourth-order valence-corrected chi connectivity index (χ4v) is 3.17. The summed E-state index contributed by atoms with van der Waals surface area (Å²) in [5, 5.41) is 7.08. The lowest BCUT2D eigenvalue weighted by Gasteiger charge is -2.20. The van der Waals surface area contributed by atoms with Gasteiger partial charge in [-0.15, -0.1) is 0 Å². The summed E-state index contributed by atoms with van der Waals surface area (Å²) in [6, 6.07) is 13.3. The van der Waals surface area contributed by atoms with E-state index in [-0.39, 0.29) is 11.9 Å². The molecule has 1 aliphatic heterocycles. The Labute approximate surface area is 159 Å². The van der Waals surface area contributed by atoms with E-state index in [4.69, 9.17) is 14.3 Å². The average Bonchev–Trinajstić information content (AvgIpc) is 3.18. The molecule has 1 N–H and O–H groups in total. The zero-order valence-corrected chi connectivity index (χ0v) is 16.0. The van der Waals surface area contributed by atoms with Crippen molar-refractivity contribution in [2.24, 2.45) is 5.16 Å². The molecule has 1 aliphatic rings. The molecule has 2 unspecified atom stereocenters. The maximum atomic E-state index is 12.6. The van der Waals surface area contributed by atoms with E-state index >= 15 is 0 Å². The third-order valence-corrected chi connectivity index (χ3v) is 4.67. The third-order valence-electron chi connectivity index (χ3n) is 4.67. The quantitative estimate of drug-likeness (QED) is 0.849. The minimum atomic E-state index is -0.622. The van der Waals surface area contributed by atoms with Gasteiger partial charge in [-0.05, 0) is 42.7 Å². The number of hydrogen-bond acceptors (Lipinski definition) is 5. The second-order valence-electron chi connectivity index (χ2n) is 6.50. The average molecular weight is 368 g/mol. The van der Waals surface area contributed by atoms with E-state index in [1.165, 1.54) is 0 Å². The molecule has 0 saturated carbocycles. The van der Waals surface area contributed by atoms with E-state index in [2.05, 4.69) is 10.5 Å². The number of carbonyl (C=O) groups is 1. The van der Waals surface area contributed by atoms with Crippen molar-refractivity contribution in [3.63, 3.8) is 0 Å². The summed E-state index contributed by atoms with van der Waals surface area (Å²) < 4.78 is 10.7.